The van der Waals surface area contributed by atoms with Crippen molar-refractivity contribution in [3.63, 3.8) is 0 Å². The van der Waals surface area contributed by atoms with Crippen molar-refractivity contribution in [2.75, 3.05) is 0 Å². The van der Waals surface area contributed by atoms with Crippen molar-refractivity contribution in [3.8, 4) is 17.2 Å². The first-order valence-electron chi connectivity index (χ1n) is 8.15. The van der Waals surface area contributed by atoms with Gasteiger partial charge in [0.25, 0.3) is 0 Å². The van der Waals surface area contributed by atoms with Gasteiger partial charge in [-0.15, -0.1) is 0 Å². The van der Waals surface area contributed by atoms with Gasteiger partial charge in [0.05, 0.1) is 11.6 Å². The smallest absolute Gasteiger partial charge is 0.221 e. The predicted octanol–water partition coefficient (Wildman–Crippen LogP) is 7.47. The lowest BCUT2D eigenvalue weighted by molar-refractivity contribution is -0.389. The van der Waals surface area contributed by atoms with E-state index in [9.17, 15) is 35.1 Å². The number of benzene rings is 2. The van der Waals surface area contributed by atoms with Crippen LogP contribution < -0.4 is 0 Å². The Morgan fingerprint density at radius 3 is 1.80 bits per heavy atom. The Hall–Kier alpha value is -2.22. The van der Waals surface area contributed by atoms with Crippen LogP contribution in [0.3, 0.4) is 0 Å². The molecule has 0 radical (unpaired) electrons. The summed E-state index contributed by atoms with van der Waals surface area (Å²) >= 11 is 2.86. The van der Waals surface area contributed by atoms with Gasteiger partial charge in [0.1, 0.15) is 0 Å². The molecule has 2 aromatic rings. The third-order valence-electron chi connectivity index (χ3n) is 4.41. The normalized spacial score (nSPS) is 14.9. The van der Waals surface area contributed by atoms with Crippen LogP contribution in [0.25, 0.3) is 11.1 Å². The van der Waals surface area contributed by atoms with Crippen LogP contribution in [0.4, 0.5) is 39.5 Å². The molecule has 0 aliphatic carbocycles. The summed E-state index contributed by atoms with van der Waals surface area (Å²) in [5.74, 6) is -6.79. The number of rotatable bonds is 4. The molecule has 0 N–H and O–H groups in total. The van der Waals surface area contributed by atoms with E-state index in [1.807, 2.05) is 0 Å². The summed E-state index contributed by atoms with van der Waals surface area (Å²) in [6.07, 6.45) is -13.5. The monoisotopic (exact) mass is 503 g/mol. The van der Waals surface area contributed by atoms with Crippen LogP contribution in [0.5, 0.6) is 0 Å². The summed E-state index contributed by atoms with van der Waals surface area (Å²) in [6.45, 7) is 1.41. The van der Waals surface area contributed by atoms with E-state index in [1.165, 1.54) is 13.0 Å². The van der Waals surface area contributed by atoms with Crippen molar-refractivity contribution < 1.29 is 39.5 Å². The maximum atomic E-state index is 15.2. The van der Waals surface area contributed by atoms with E-state index < -0.39 is 35.1 Å². The van der Waals surface area contributed by atoms with Gasteiger partial charge in [0.2, 0.25) is 0 Å². The Labute approximate surface area is 173 Å². The molecule has 2 rings (SSSR count). The molecule has 0 saturated heterocycles. The molecular weight excluding hydrogens is 493 g/mol. The van der Waals surface area contributed by atoms with Crippen LogP contribution in [0, 0.1) is 11.3 Å². The Kier molecular flexibility index (Phi) is 6.25. The van der Waals surface area contributed by atoms with Crippen molar-refractivity contribution in [2.45, 2.75) is 37.3 Å². The second-order valence-electron chi connectivity index (χ2n) is 6.27. The van der Waals surface area contributed by atoms with Crippen LogP contribution in [0.2, 0.25) is 0 Å². The Morgan fingerprint density at radius 1 is 0.867 bits per heavy atom. The fourth-order valence-corrected chi connectivity index (χ4v) is 3.58. The first-order valence-corrected chi connectivity index (χ1v) is 8.94. The SMILES string of the molecule is CCc1cc(Br)c(-c2ccc(C#N)cc2)c(C(F)(C(F)(F)F)C(F)(F)C(F)(F)F)c1. The van der Waals surface area contributed by atoms with E-state index in [0.29, 0.717) is 6.07 Å². The van der Waals surface area contributed by atoms with Crippen LogP contribution in [0.15, 0.2) is 40.9 Å². The largest absolute Gasteiger partial charge is 0.457 e. The zero-order valence-electron chi connectivity index (χ0n) is 14.9. The molecule has 0 heterocycles. The minimum Gasteiger partial charge on any atom is -0.221 e. The quantitative estimate of drug-likeness (QED) is 0.397. The number of halogens is 10. The molecule has 0 amide bonds. The number of hydrogen-bond acceptors (Lipinski definition) is 1. The van der Waals surface area contributed by atoms with Gasteiger partial charge in [-0.3, -0.25) is 0 Å². The predicted molar refractivity (Wildman–Crippen MR) is 93.5 cm³/mol. The minimum atomic E-state index is -6.83. The topological polar surface area (TPSA) is 23.8 Å². The molecule has 162 valence electrons. The molecule has 0 spiro atoms. The highest BCUT2D eigenvalue weighted by Gasteiger charge is 2.82. The van der Waals surface area contributed by atoms with Gasteiger partial charge in [-0.05, 0) is 35.7 Å². The lowest BCUT2D eigenvalue weighted by Crippen LogP contribution is -2.60. The lowest BCUT2D eigenvalue weighted by atomic mass is 9.81. The summed E-state index contributed by atoms with van der Waals surface area (Å²) < 4.78 is 123. The number of nitrogens with zero attached hydrogens (tertiary/aromatic N) is 1. The third kappa shape index (κ3) is 3.77. The second-order valence-corrected chi connectivity index (χ2v) is 7.13. The fraction of sp³-hybridized carbons (Fsp3) is 0.316. The first kappa shape index (κ1) is 24.1. The zero-order valence-corrected chi connectivity index (χ0v) is 16.5. The highest BCUT2D eigenvalue weighted by atomic mass is 79.9. The Morgan fingerprint density at radius 2 is 1.40 bits per heavy atom. The van der Waals surface area contributed by atoms with Gasteiger partial charge in [-0.2, -0.15) is 40.4 Å². The minimum absolute atomic E-state index is 0.0459. The summed E-state index contributed by atoms with van der Waals surface area (Å²) in [4.78, 5) is 0. The highest BCUT2D eigenvalue weighted by molar-refractivity contribution is 9.10. The van der Waals surface area contributed by atoms with E-state index in [0.717, 1.165) is 24.3 Å². The van der Waals surface area contributed by atoms with Crippen molar-refractivity contribution in [1.29, 1.82) is 5.26 Å². The molecule has 11 heteroatoms. The summed E-state index contributed by atoms with van der Waals surface area (Å²) in [5, 5.41) is 8.82. The average Bonchev–Trinajstić information content (AvgIpc) is 2.64. The van der Waals surface area contributed by atoms with Crippen LogP contribution in [-0.2, 0) is 12.1 Å². The van der Waals surface area contributed by atoms with Gasteiger partial charge in [0, 0.05) is 15.6 Å². The van der Waals surface area contributed by atoms with Gasteiger partial charge < -0.3 is 0 Å². The molecule has 0 aromatic heterocycles. The van der Waals surface area contributed by atoms with Crippen LogP contribution in [-0.4, -0.2) is 18.3 Å². The molecule has 1 atom stereocenters. The van der Waals surface area contributed by atoms with Gasteiger partial charge in [0.15, 0.2) is 0 Å². The third-order valence-corrected chi connectivity index (χ3v) is 5.04. The molecule has 2 aromatic carbocycles. The first-order chi connectivity index (χ1) is 13.6. The summed E-state index contributed by atoms with van der Waals surface area (Å²) in [6, 6.07) is 7.52. The van der Waals surface area contributed by atoms with E-state index >= 15 is 4.39 Å². The number of alkyl halides is 9. The summed E-state index contributed by atoms with van der Waals surface area (Å²) in [7, 11) is 0. The Bertz CT molecular complexity index is 972. The second kappa shape index (κ2) is 7.80. The average molecular weight is 504 g/mol. The van der Waals surface area contributed by atoms with Crippen LogP contribution in [0.1, 0.15) is 23.6 Å². The number of nitriles is 1. The molecule has 0 saturated carbocycles. The molecule has 1 unspecified atom stereocenters. The molecule has 1 nitrogen and oxygen atoms in total. The van der Waals surface area contributed by atoms with Crippen molar-refractivity contribution in [3.05, 3.63) is 57.6 Å². The molecule has 0 bridgehead atoms. The van der Waals surface area contributed by atoms with Gasteiger partial charge in [-0.1, -0.05) is 41.1 Å². The van der Waals surface area contributed by atoms with Crippen LogP contribution >= 0.6 is 15.9 Å². The molecule has 0 aliphatic heterocycles. The number of hydrogen-bond donors (Lipinski definition) is 0. The van der Waals surface area contributed by atoms with Crippen molar-refractivity contribution >= 4 is 15.9 Å². The Balaban J connectivity index is 3.01. The molecular formula is C19H11BrF9N. The highest BCUT2D eigenvalue weighted by Crippen LogP contribution is 2.60. The lowest BCUT2D eigenvalue weighted by Gasteiger charge is -2.37. The fourth-order valence-electron chi connectivity index (χ4n) is 2.84. The summed E-state index contributed by atoms with van der Waals surface area (Å²) in [5.41, 5.74) is -9.13. The molecule has 30 heavy (non-hydrogen) atoms. The number of aryl methyl sites for hydroxylation is 1. The zero-order chi connectivity index (χ0) is 23.1. The van der Waals surface area contributed by atoms with Crippen molar-refractivity contribution in [2.24, 2.45) is 0 Å². The van der Waals surface area contributed by atoms with Gasteiger partial charge in [-0.25, -0.2) is 4.39 Å². The van der Waals surface area contributed by atoms with E-state index in [-0.39, 0.29) is 27.6 Å². The van der Waals surface area contributed by atoms with Gasteiger partial charge >= 0.3 is 23.9 Å². The maximum absolute atomic E-state index is 15.2. The van der Waals surface area contributed by atoms with E-state index in [1.54, 1.807) is 6.07 Å². The standard InChI is InChI=1S/C19H11BrF9N/c1-2-10-7-13(16(21,18(24,25)26)17(22,23)19(27,28)29)15(14(20)8-10)12-5-3-11(9-30)4-6-12/h3-8H,2H2,1H3. The van der Waals surface area contributed by atoms with Crippen molar-refractivity contribution in [1.82, 2.24) is 0 Å². The maximum Gasteiger partial charge on any atom is 0.457 e. The van der Waals surface area contributed by atoms with E-state index in [4.69, 9.17) is 5.26 Å². The van der Waals surface area contributed by atoms with E-state index in [2.05, 4.69) is 15.9 Å². The molecule has 0 fully saturated rings. The molecule has 0 aliphatic rings.